The van der Waals surface area contributed by atoms with Crippen LogP contribution in [-0.2, 0) is 4.79 Å². The van der Waals surface area contributed by atoms with Crippen LogP contribution in [0.3, 0.4) is 0 Å². The molecule has 21 heavy (non-hydrogen) atoms. The van der Waals surface area contributed by atoms with Gasteiger partial charge in [0.1, 0.15) is 5.54 Å². The summed E-state index contributed by atoms with van der Waals surface area (Å²) in [4.78, 5) is 14.3. The number of carbonyl (C=O) groups is 1. The molecule has 2 N–H and O–H groups in total. The summed E-state index contributed by atoms with van der Waals surface area (Å²) in [5.41, 5.74) is -0.655. The lowest BCUT2D eigenvalue weighted by Crippen LogP contribution is -2.53. The molecule has 3 fully saturated rings. The molecule has 120 valence electrons. The molecule has 3 saturated carbocycles. The van der Waals surface area contributed by atoms with E-state index in [1.165, 1.54) is 25.7 Å². The summed E-state index contributed by atoms with van der Waals surface area (Å²) in [6, 6.07) is 1.53. The van der Waals surface area contributed by atoms with Crippen molar-refractivity contribution in [1.29, 1.82) is 0 Å². The Morgan fingerprint density at radius 1 is 1.19 bits per heavy atom. The van der Waals surface area contributed by atoms with Gasteiger partial charge in [-0.3, -0.25) is 10.1 Å². The first kappa shape index (κ1) is 15.3. The summed E-state index contributed by atoms with van der Waals surface area (Å²) >= 11 is 0. The highest BCUT2D eigenvalue weighted by atomic mass is 16.4. The molecule has 0 aromatic heterocycles. The second-order valence-corrected chi connectivity index (χ2v) is 7.70. The third-order valence-corrected chi connectivity index (χ3v) is 6.12. The van der Waals surface area contributed by atoms with Gasteiger partial charge in [-0.1, -0.05) is 19.8 Å². The predicted molar refractivity (Wildman–Crippen MR) is 83.3 cm³/mol. The summed E-state index contributed by atoms with van der Waals surface area (Å²) in [5, 5.41) is 13.2. The minimum absolute atomic E-state index is 0.429. The number of hydrogen-bond acceptors (Lipinski definition) is 3. The van der Waals surface area contributed by atoms with E-state index >= 15 is 0 Å². The fraction of sp³-hybridized carbons (Fsp3) is 0.941. The third kappa shape index (κ3) is 3.11. The fourth-order valence-corrected chi connectivity index (χ4v) is 4.55. The van der Waals surface area contributed by atoms with Crippen molar-refractivity contribution in [3.63, 3.8) is 0 Å². The second-order valence-electron chi connectivity index (χ2n) is 7.70. The van der Waals surface area contributed by atoms with Gasteiger partial charge in [0.05, 0.1) is 0 Å². The van der Waals surface area contributed by atoms with Gasteiger partial charge in [-0.05, 0) is 57.9 Å². The van der Waals surface area contributed by atoms with Gasteiger partial charge in [0.2, 0.25) is 0 Å². The molecule has 4 unspecified atom stereocenters. The highest BCUT2D eigenvalue weighted by Crippen LogP contribution is 2.39. The zero-order chi connectivity index (χ0) is 15.0. The van der Waals surface area contributed by atoms with Gasteiger partial charge in [-0.15, -0.1) is 0 Å². The van der Waals surface area contributed by atoms with Gasteiger partial charge >= 0.3 is 5.97 Å². The molecule has 0 spiro atoms. The minimum atomic E-state index is -0.655. The first-order valence-corrected chi connectivity index (χ1v) is 8.75. The van der Waals surface area contributed by atoms with Crippen LogP contribution in [-0.4, -0.2) is 46.7 Å². The van der Waals surface area contributed by atoms with E-state index < -0.39 is 11.5 Å². The molecule has 4 heteroatoms. The van der Waals surface area contributed by atoms with Crippen LogP contribution < -0.4 is 5.32 Å². The number of aliphatic carboxylic acids is 1. The lowest BCUT2D eigenvalue weighted by Gasteiger charge is -2.40. The number of carboxylic acids is 1. The molecule has 0 bridgehead atoms. The van der Waals surface area contributed by atoms with Gasteiger partial charge in [0.25, 0.3) is 0 Å². The maximum atomic E-state index is 11.8. The largest absolute Gasteiger partial charge is 0.480 e. The zero-order valence-corrected chi connectivity index (χ0v) is 13.5. The van der Waals surface area contributed by atoms with Crippen LogP contribution in [0, 0.1) is 5.92 Å². The quantitative estimate of drug-likeness (QED) is 0.818. The summed E-state index contributed by atoms with van der Waals surface area (Å²) in [6.45, 7) is 2.36. The molecule has 0 aliphatic heterocycles. The molecule has 3 aliphatic carbocycles. The maximum Gasteiger partial charge on any atom is 0.323 e. The lowest BCUT2D eigenvalue weighted by molar-refractivity contribution is -0.145. The monoisotopic (exact) mass is 294 g/mol. The summed E-state index contributed by atoms with van der Waals surface area (Å²) in [6.07, 6.45) is 10.2. The topological polar surface area (TPSA) is 52.6 Å². The van der Waals surface area contributed by atoms with Crippen LogP contribution >= 0.6 is 0 Å². The Bertz CT molecular complexity index is 396. The highest BCUT2D eigenvalue weighted by molar-refractivity contribution is 5.79. The van der Waals surface area contributed by atoms with E-state index in [0.29, 0.717) is 18.1 Å². The normalized spacial score (nSPS) is 40.6. The molecule has 0 amide bonds. The number of carboxylic acid groups (broad SMARTS) is 1. The van der Waals surface area contributed by atoms with Crippen molar-refractivity contribution < 1.29 is 9.90 Å². The molecular weight excluding hydrogens is 264 g/mol. The summed E-state index contributed by atoms with van der Waals surface area (Å²) in [7, 11) is 2.23. The van der Waals surface area contributed by atoms with Gasteiger partial charge in [-0.2, -0.15) is 0 Å². The second kappa shape index (κ2) is 5.88. The van der Waals surface area contributed by atoms with E-state index in [0.717, 1.165) is 38.0 Å². The van der Waals surface area contributed by atoms with E-state index in [1.54, 1.807) is 0 Å². The number of hydrogen-bond donors (Lipinski definition) is 2. The molecule has 0 saturated heterocycles. The molecule has 3 aliphatic rings. The van der Waals surface area contributed by atoms with Crippen molar-refractivity contribution in [1.82, 2.24) is 10.2 Å². The number of rotatable bonds is 5. The smallest absolute Gasteiger partial charge is 0.323 e. The molecule has 0 radical (unpaired) electrons. The Labute approximate surface area is 128 Å². The molecule has 4 atom stereocenters. The van der Waals surface area contributed by atoms with Crippen LogP contribution in [0.25, 0.3) is 0 Å². The summed E-state index contributed by atoms with van der Waals surface area (Å²) in [5.74, 6) is 0.113. The average Bonchev–Trinajstić information content (AvgIpc) is 3.15. The SMILES string of the molecule is CC1CCCCC1N(C)C1CCC(NC2CC2)(C(=O)O)C1. The molecule has 0 heterocycles. The highest BCUT2D eigenvalue weighted by Gasteiger charge is 2.49. The van der Waals surface area contributed by atoms with Crippen molar-refractivity contribution in [3.05, 3.63) is 0 Å². The Balaban J connectivity index is 1.65. The molecular formula is C17H30N2O2. The predicted octanol–water partition coefficient (Wildman–Crippen LogP) is 2.62. The molecule has 3 rings (SSSR count). The molecule has 0 aromatic rings. The van der Waals surface area contributed by atoms with E-state index in [4.69, 9.17) is 0 Å². The van der Waals surface area contributed by atoms with Crippen molar-refractivity contribution >= 4 is 5.97 Å². The minimum Gasteiger partial charge on any atom is -0.480 e. The van der Waals surface area contributed by atoms with Crippen molar-refractivity contribution in [2.45, 2.75) is 88.4 Å². The fourth-order valence-electron chi connectivity index (χ4n) is 4.55. The van der Waals surface area contributed by atoms with E-state index in [1.807, 2.05) is 0 Å². The molecule has 4 nitrogen and oxygen atoms in total. The summed E-state index contributed by atoms with van der Waals surface area (Å²) < 4.78 is 0. The Morgan fingerprint density at radius 2 is 1.90 bits per heavy atom. The zero-order valence-electron chi connectivity index (χ0n) is 13.5. The van der Waals surface area contributed by atoms with E-state index in [-0.39, 0.29) is 0 Å². The third-order valence-electron chi connectivity index (χ3n) is 6.12. The van der Waals surface area contributed by atoms with E-state index in [2.05, 4.69) is 24.2 Å². The first-order valence-electron chi connectivity index (χ1n) is 8.75. The first-order chi connectivity index (χ1) is 10.0. The average molecular weight is 294 g/mol. The van der Waals surface area contributed by atoms with Gasteiger partial charge in [0, 0.05) is 18.1 Å². The van der Waals surface area contributed by atoms with Crippen molar-refractivity contribution in [2.75, 3.05) is 7.05 Å². The van der Waals surface area contributed by atoms with Crippen molar-refractivity contribution in [2.24, 2.45) is 5.92 Å². The standard InChI is InChI=1S/C17H30N2O2/c1-12-5-3-4-6-15(12)19(2)14-9-10-17(11-14,16(20)21)18-13-7-8-13/h12-15,18H,3-11H2,1-2H3,(H,20,21). The van der Waals surface area contributed by atoms with Crippen LogP contribution in [0.5, 0.6) is 0 Å². The van der Waals surface area contributed by atoms with E-state index in [9.17, 15) is 9.90 Å². The molecule has 0 aromatic carbocycles. The van der Waals surface area contributed by atoms with Crippen LogP contribution in [0.1, 0.15) is 64.7 Å². The van der Waals surface area contributed by atoms with Crippen molar-refractivity contribution in [3.8, 4) is 0 Å². The van der Waals surface area contributed by atoms with Gasteiger partial charge in [0.15, 0.2) is 0 Å². The number of nitrogens with one attached hydrogen (secondary N) is 1. The number of nitrogens with zero attached hydrogens (tertiary/aromatic N) is 1. The van der Waals surface area contributed by atoms with Crippen LogP contribution in [0.2, 0.25) is 0 Å². The van der Waals surface area contributed by atoms with Gasteiger partial charge in [-0.25, -0.2) is 0 Å². The Hall–Kier alpha value is -0.610. The van der Waals surface area contributed by atoms with Crippen LogP contribution in [0.15, 0.2) is 0 Å². The Morgan fingerprint density at radius 3 is 2.52 bits per heavy atom. The van der Waals surface area contributed by atoms with Crippen LogP contribution in [0.4, 0.5) is 0 Å². The van der Waals surface area contributed by atoms with Gasteiger partial charge < -0.3 is 10.0 Å². The lowest BCUT2D eigenvalue weighted by atomic mass is 9.84. The maximum absolute atomic E-state index is 11.8. The Kier molecular flexibility index (Phi) is 4.28.